The normalized spacial score (nSPS) is 10.6. The lowest BCUT2D eigenvalue weighted by Gasteiger charge is -2.20. The van der Waals surface area contributed by atoms with Crippen molar-refractivity contribution in [3.8, 4) is 0 Å². The van der Waals surface area contributed by atoms with Crippen molar-refractivity contribution in [2.75, 3.05) is 18.6 Å². The van der Waals surface area contributed by atoms with Crippen LogP contribution >= 0.6 is 11.3 Å². The van der Waals surface area contributed by atoms with Crippen molar-refractivity contribution in [1.29, 1.82) is 0 Å². The molecule has 0 aliphatic rings. The van der Waals surface area contributed by atoms with Crippen LogP contribution in [0, 0.1) is 5.82 Å². The van der Waals surface area contributed by atoms with Crippen LogP contribution in [-0.2, 0) is 16.1 Å². The molecule has 3 rings (SSSR count). The van der Waals surface area contributed by atoms with Gasteiger partial charge in [0.25, 0.3) is 0 Å². The number of nitrogens with zero attached hydrogens (tertiary/aromatic N) is 2. The minimum atomic E-state index is -0.526. The molecule has 0 fully saturated rings. The Kier molecular flexibility index (Phi) is 6.54. The van der Waals surface area contributed by atoms with Gasteiger partial charge in [0, 0.05) is 13.0 Å². The van der Waals surface area contributed by atoms with Crippen molar-refractivity contribution >= 4 is 38.7 Å². The lowest BCUT2D eigenvalue weighted by atomic mass is 10.2. The van der Waals surface area contributed by atoms with Crippen molar-refractivity contribution < 1.29 is 18.7 Å². The van der Waals surface area contributed by atoms with Gasteiger partial charge in [-0.2, -0.15) is 0 Å². The van der Waals surface area contributed by atoms with Gasteiger partial charge in [-0.15, -0.1) is 0 Å². The molecule has 0 unspecified atom stereocenters. The summed E-state index contributed by atoms with van der Waals surface area (Å²) in [6, 6.07) is 13.7. The number of methoxy groups -OCH3 is 1. The van der Waals surface area contributed by atoms with Gasteiger partial charge in [-0.25, -0.2) is 14.2 Å². The Bertz CT molecular complexity index is 926. The molecule has 146 valence electrons. The zero-order valence-electron chi connectivity index (χ0n) is 15.4. The molecule has 0 saturated carbocycles. The van der Waals surface area contributed by atoms with Crippen molar-refractivity contribution in [1.82, 2.24) is 10.3 Å². The molecule has 0 saturated heterocycles. The number of anilines is 1. The average Bonchev–Trinajstić information content (AvgIpc) is 3.14. The molecule has 3 aromatic rings. The lowest BCUT2D eigenvalue weighted by Crippen LogP contribution is -2.31. The van der Waals surface area contributed by atoms with Gasteiger partial charge < -0.3 is 10.1 Å². The molecule has 0 spiro atoms. The number of rotatable bonds is 7. The molecule has 1 N–H and O–H groups in total. The maximum atomic E-state index is 13.2. The minimum Gasteiger partial charge on any atom is -0.453 e. The van der Waals surface area contributed by atoms with E-state index in [-0.39, 0.29) is 18.1 Å². The summed E-state index contributed by atoms with van der Waals surface area (Å²) in [4.78, 5) is 30.2. The van der Waals surface area contributed by atoms with Crippen LogP contribution in [-0.4, -0.2) is 30.6 Å². The van der Waals surface area contributed by atoms with E-state index >= 15 is 0 Å². The number of aromatic nitrogens is 1. The van der Waals surface area contributed by atoms with E-state index in [9.17, 15) is 14.0 Å². The third kappa shape index (κ3) is 5.04. The number of para-hydroxylation sites is 1. The number of thiazole rings is 1. The zero-order chi connectivity index (χ0) is 19.9. The van der Waals surface area contributed by atoms with Crippen LogP contribution in [0.1, 0.15) is 18.4 Å². The van der Waals surface area contributed by atoms with Gasteiger partial charge in [0.2, 0.25) is 5.91 Å². The number of carbonyl (C=O) groups excluding carboxylic acids is 2. The van der Waals surface area contributed by atoms with Crippen molar-refractivity contribution in [2.24, 2.45) is 0 Å². The second-order valence-electron chi connectivity index (χ2n) is 6.09. The standard InChI is InChI=1S/C20H20FN3O3S/c1-27-20(26)22-12-4-7-18(25)24(13-14-8-10-15(21)11-9-14)19-23-16-5-2-3-6-17(16)28-19/h2-3,5-6,8-11H,4,7,12-13H2,1H3,(H,22,26). The molecule has 2 aromatic carbocycles. The number of benzene rings is 2. The molecule has 0 aliphatic carbocycles. The Hall–Kier alpha value is -3.00. The van der Waals surface area contributed by atoms with E-state index in [0.717, 1.165) is 15.8 Å². The van der Waals surface area contributed by atoms with Crippen LogP contribution < -0.4 is 10.2 Å². The fourth-order valence-corrected chi connectivity index (χ4v) is 3.63. The van der Waals surface area contributed by atoms with Crippen LogP contribution in [0.2, 0.25) is 0 Å². The van der Waals surface area contributed by atoms with Gasteiger partial charge in [0.15, 0.2) is 5.13 Å². The number of hydrogen-bond donors (Lipinski definition) is 1. The molecule has 0 atom stereocenters. The number of halogens is 1. The van der Waals surface area contributed by atoms with Gasteiger partial charge in [0.05, 0.1) is 23.9 Å². The quantitative estimate of drug-likeness (QED) is 0.605. The SMILES string of the molecule is COC(=O)NCCCC(=O)N(Cc1ccc(F)cc1)c1nc2ccccc2s1. The molecule has 0 aliphatic heterocycles. The predicted octanol–water partition coefficient (Wildman–Crippen LogP) is 4.10. The van der Waals surface area contributed by atoms with Gasteiger partial charge in [-0.05, 0) is 36.2 Å². The van der Waals surface area contributed by atoms with E-state index in [2.05, 4.69) is 15.0 Å². The monoisotopic (exact) mass is 401 g/mol. The Labute approximate surface area is 165 Å². The summed E-state index contributed by atoms with van der Waals surface area (Å²) in [7, 11) is 1.29. The zero-order valence-corrected chi connectivity index (χ0v) is 16.2. The molecule has 1 heterocycles. The number of carbonyl (C=O) groups is 2. The first-order valence-corrected chi connectivity index (χ1v) is 9.60. The molecule has 6 nitrogen and oxygen atoms in total. The fourth-order valence-electron chi connectivity index (χ4n) is 2.65. The highest BCUT2D eigenvalue weighted by Gasteiger charge is 2.20. The molecular weight excluding hydrogens is 381 g/mol. The first kappa shape index (κ1) is 19.8. The highest BCUT2D eigenvalue weighted by molar-refractivity contribution is 7.22. The summed E-state index contributed by atoms with van der Waals surface area (Å²) in [5, 5.41) is 3.15. The molecule has 28 heavy (non-hydrogen) atoms. The Morgan fingerprint density at radius 3 is 2.64 bits per heavy atom. The molecule has 2 amide bonds. The van der Waals surface area contributed by atoms with E-state index in [1.807, 2.05) is 24.3 Å². The first-order valence-electron chi connectivity index (χ1n) is 8.79. The maximum absolute atomic E-state index is 13.2. The van der Waals surface area contributed by atoms with E-state index in [1.165, 1.54) is 30.6 Å². The number of amides is 2. The molecule has 0 radical (unpaired) electrons. The number of alkyl carbamates (subject to hydrolysis) is 1. The number of ether oxygens (including phenoxy) is 1. The van der Waals surface area contributed by atoms with Gasteiger partial charge >= 0.3 is 6.09 Å². The second kappa shape index (κ2) is 9.27. The summed E-state index contributed by atoms with van der Waals surface area (Å²) < 4.78 is 18.7. The third-order valence-electron chi connectivity index (χ3n) is 4.09. The van der Waals surface area contributed by atoms with Crippen molar-refractivity contribution in [3.63, 3.8) is 0 Å². The summed E-state index contributed by atoms with van der Waals surface area (Å²) in [5.41, 5.74) is 1.63. The summed E-state index contributed by atoms with van der Waals surface area (Å²) >= 11 is 1.43. The van der Waals surface area contributed by atoms with E-state index < -0.39 is 6.09 Å². The fraction of sp³-hybridized carbons (Fsp3) is 0.250. The van der Waals surface area contributed by atoms with E-state index in [0.29, 0.717) is 24.6 Å². The van der Waals surface area contributed by atoms with Crippen LogP contribution in [0.15, 0.2) is 48.5 Å². The maximum Gasteiger partial charge on any atom is 0.406 e. The Morgan fingerprint density at radius 2 is 1.93 bits per heavy atom. The van der Waals surface area contributed by atoms with Crippen LogP contribution in [0.5, 0.6) is 0 Å². The highest BCUT2D eigenvalue weighted by atomic mass is 32.1. The van der Waals surface area contributed by atoms with E-state index in [1.54, 1.807) is 17.0 Å². The van der Waals surface area contributed by atoms with Crippen molar-refractivity contribution in [2.45, 2.75) is 19.4 Å². The number of hydrogen-bond acceptors (Lipinski definition) is 5. The van der Waals surface area contributed by atoms with E-state index in [4.69, 9.17) is 0 Å². The van der Waals surface area contributed by atoms with Crippen LogP contribution in [0.25, 0.3) is 10.2 Å². The third-order valence-corrected chi connectivity index (χ3v) is 5.15. The Morgan fingerprint density at radius 1 is 1.18 bits per heavy atom. The molecular formula is C20H20FN3O3S. The number of fused-ring (bicyclic) bond motifs is 1. The lowest BCUT2D eigenvalue weighted by molar-refractivity contribution is -0.118. The Balaban J connectivity index is 1.76. The highest BCUT2D eigenvalue weighted by Crippen LogP contribution is 2.30. The van der Waals surface area contributed by atoms with Crippen molar-refractivity contribution in [3.05, 3.63) is 59.9 Å². The van der Waals surface area contributed by atoms with Gasteiger partial charge in [-0.1, -0.05) is 35.6 Å². The van der Waals surface area contributed by atoms with Gasteiger partial charge in [-0.3, -0.25) is 9.69 Å². The number of nitrogens with one attached hydrogen (secondary N) is 1. The van der Waals surface area contributed by atoms with Gasteiger partial charge in [0.1, 0.15) is 5.82 Å². The summed E-state index contributed by atoms with van der Waals surface area (Å²) in [6.07, 6.45) is 0.182. The first-order chi connectivity index (χ1) is 13.6. The smallest absolute Gasteiger partial charge is 0.406 e. The predicted molar refractivity (Wildman–Crippen MR) is 107 cm³/mol. The van der Waals surface area contributed by atoms with Crippen LogP contribution in [0.4, 0.5) is 14.3 Å². The average molecular weight is 401 g/mol. The molecule has 1 aromatic heterocycles. The topological polar surface area (TPSA) is 71.5 Å². The second-order valence-corrected chi connectivity index (χ2v) is 7.10. The summed E-state index contributed by atoms with van der Waals surface area (Å²) in [6.45, 7) is 0.631. The minimum absolute atomic E-state index is 0.116. The van der Waals surface area contributed by atoms with Crippen LogP contribution in [0.3, 0.4) is 0 Å². The molecule has 8 heteroatoms. The molecule has 0 bridgehead atoms. The summed E-state index contributed by atoms with van der Waals surface area (Å²) in [5.74, 6) is -0.439. The largest absolute Gasteiger partial charge is 0.453 e.